The highest BCUT2D eigenvalue weighted by molar-refractivity contribution is 6.10. The number of hydrazine groups is 1. The van der Waals surface area contributed by atoms with E-state index in [-0.39, 0.29) is 11.5 Å². The third kappa shape index (κ3) is 7.64. The number of amides is 2. The molecule has 5 rings (SSSR count). The Kier molecular flexibility index (Phi) is 9.10. The van der Waals surface area contributed by atoms with Crippen molar-refractivity contribution in [2.24, 2.45) is 0 Å². The fourth-order valence-corrected chi connectivity index (χ4v) is 5.23. The van der Waals surface area contributed by atoms with Crippen molar-refractivity contribution < 1.29 is 33.7 Å². The quantitative estimate of drug-likeness (QED) is 0.113. The first kappa shape index (κ1) is 32.8. The Morgan fingerprint density at radius 2 is 1.19 bits per heavy atom. The standard InChI is InChI=1S/C38H38N2O7/c1-37(2,3)46-35(43)39-40(36(44)47-38(4,5)6)33(26-16-8-7-9-17-26)34(42)45-30-23-21-25-15-11-13-19-28(25)32(30)31-27-18-12-10-14-24(27)20-22-29(31)41/h7-23,33,41H,1-6H3,(H,39,43)/t33-/m0/s1. The average Bonchev–Trinajstić information content (AvgIpc) is 3.00. The predicted octanol–water partition coefficient (Wildman–Crippen LogP) is 8.69. The second-order valence-corrected chi connectivity index (χ2v) is 13.0. The SMILES string of the molecule is CC(C)(C)OC(=O)NN(C(=O)OC(C)(C)C)[C@H](C(=O)Oc1ccc2ccccc2c1-c1c(O)ccc2ccccc12)c1ccccc1. The molecule has 9 nitrogen and oxygen atoms in total. The molecule has 0 aromatic heterocycles. The van der Waals surface area contributed by atoms with E-state index in [1.807, 2.05) is 60.7 Å². The number of rotatable bonds is 5. The van der Waals surface area contributed by atoms with Gasteiger partial charge in [-0.05, 0) is 80.8 Å². The summed E-state index contributed by atoms with van der Waals surface area (Å²) in [6, 6.07) is 29.0. The van der Waals surface area contributed by atoms with Crippen molar-refractivity contribution in [3.05, 3.63) is 109 Å². The first-order valence-corrected chi connectivity index (χ1v) is 15.2. The fraction of sp³-hybridized carbons (Fsp3) is 0.237. The summed E-state index contributed by atoms with van der Waals surface area (Å²) in [6.45, 7) is 10.0. The summed E-state index contributed by atoms with van der Waals surface area (Å²) in [5.74, 6) is -0.754. The molecule has 9 heteroatoms. The molecule has 0 bridgehead atoms. The minimum atomic E-state index is -1.50. The molecule has 242 valence electrons. The number of hydrogen-bond acceptors (Lipinski definition) is 7. The van der Waals surface area contributed by atoms with E-state index in [1.165, 1.54) is 0 Å². The van der Waals surface area contributed by atoms with Crippen molar-refractivity contribution >= 4 is 39.7 Å². The van der Waals surface area contributed by atoms with Gasteiger partial charge in [0.05, 0.1) is 0 Å². The van der Waals surface area contributed by atoms with Gasteiger partial charge in [0.2, 0.25) is 0 Å². The first-order chi connectivity index (χ1) is 22.2. The molecular formula is C38H38N2O7. The number of carbonyl (C=O) groups excluding carboxylic acids is 3. The second kappa shape index (κ2) is 13.0. The maximum absolute atomic E-state index is 14.4. The number of phenols is 1. The van der Waals surface area contributed by atoms with Crippen LogP contribution in [-0.4, -0.2) is 39.5 Å². The van der Waals surface area contributed by atoms with Crippen LogP contribution in [0.25, 0.3) is 32.7 Å². The number of fused-ring (bicyclic) bond motifs is 2. The average molecular weight is 635 g/mol. The van der Waals surface area contributed by atoms with Crippen molar-refractivity contribution in [3.63, 3.8) is 0 Å². The van der Waals surface area contributed by atoms with Crippen molar-refractivity contribution in [3.8, 4) is 22.6 Å². The molecule has 0 fully saturated rings. The number of esters is 1. The lowest BCUT2D eigenvalue weighted by Gasteiger charge is -2.33. The van der Waals surface area contributed by atoms with Gasteiger partial charge in [-0.1, -0.05) is 91.0 Å². The number of aromatic hydroxyl groups is 1. The Morgan fingerprint density at radius 1 is 0.660 bits per heavy atom. The normalized spacial score (nSPS) is 12.3. The largest absolute Gasteiger partial charge is 0.507 e. The third-order valence-electron chi connectivity index (χ3n) is 7.06. The van der Waals surface area contributed by atoms with Crippen LogP contribution in [0.2, 0.25) is 0 Å². The van der Waals surface area contributed by atoms with Crippen LogP contribution in [0.4, 0.5) is 9.59 Å². The topological polar surface area (TPSA) is 114 Å². The van der Waals surface area contributed by atoms with Crippen LogP contribution in [0.5, 0.6) is 11.5 Å². The van der Waals surface area contributed by atoms with Crippen LogP contribution in [0.1, 0.15) is 53.1 Å². The summed E-state index contributed by atoms with van der Waals surface area (Å²) in [7, 11) is 0. The van der Waals surface area contributed by atoms with Crippen LogP contribution < -0.4 is 10.2 Å². The van der Waals surface area contributed by atoms with Crippen LogP contribution in [-0.2, 0) is 14.3 Å². The van der Waals surface area contributed by atoms with Gasteiger partial charge in [0.1, 0.15) is 22.7 Å². The summed E-state index contributed by atoms with van der Waals surface area (Å²) >= 11 is 0. The Morgan fingerprint density at radius 3 is 1.79 bits per heavy atom. The Labute approximate surface area is 273 Å². The van der Waals surface area contributed by atoms with Gasteiger partial charge in [0.15, 0.2) is 6.04 Å². The van der Waals surface area contributed by atoms with Crippen molar-refractivity contribution in [2.75, 3.05) is 0 Å². The molecule has 0 aliphatic heterocycles. The van der Waals surface area contributed by atoms with Crippen molar-refractivity contribution in [1.29, 1.82) is 0 Å². The van der Waals surface area contributed by atoms with Crippen LogP contribution in [0.3, 0.4) is 0 Å². The number of benzene rings is 5. The van der Waals surface area contributed by atoms with E-state index in [1.54, 1.807) is 84.0 Å². The van der Waals surface area contributed by atoms with Gasteiger partial charge in [-0.2, -0.15) is 5.01 Å². The lowest BCUT2D eigenvalue weighted by Crippen LogP contribution is -2.53. The van der Waals surface area contributed by atoms with Gasteiger partial charge >= 0.3 is 18.2 Å². The van der Waals surface area contributed by atoms with E-state index in [9.17, 15) is 19.5 Å². The van der Waals surface area contributed by atoms with Crippen molar-refractivity contribution in [1.82, 2.24) is 10.4 Å². The molecule has 0 saturated carbocycles. The summed E-state index contributed by atoms with van der Waals surface area (Å²) in [6.07, 6.45) is -1.97. The molecule has 5 aromatic carbocycles. The maximum Gasteiger partial charge on any atom is 0.430 e. The number of nitrogens with zero attached hydrogens (tertiary/aromatic N) is 1. The molecule has 0 saturated heterocycles. The highest BCUT2D eigenvalue weighted by Crippen LogP contribution is 2.45. The highest BCUT2D eigenvalue weighted by Gasteiger charge is 2.38. The van der Waals surface area contributed by atoms with Gasteiger partial charge in [0.25, 0.3) is 0 Å². The molecule has 0 aliphatic carbocycles. The lowest BCUT2D eigenvalue weighted by molar-refractivity contribution is -0.141. The molecule has 0 spiro atoms. The van der Waals surface area contributed by atoms with Gasteiger partial charge < -0.3 is 19.3 Å². The van der Waals surface area contributed by atoms with Crippen LogP contribution in [0, 0.1) is 0 Å². The van der Waals surface area contributed by atoms with E-state index < -0.39 is 35.4 Å². The van der Waals surface area contributed by atoms with Gasteiger partial charge in [-0.3, -0.25) is 0 Å². The zero-order valence-electron chi connectivity index (χ0n) is 27.2. The number of nitrogens with one attached hydrogen (secondary N) is 1. The third-order valence-corrected chi connectivity index (χ3v) is 7.06. The minimum absolute atomic E-state index is 0.000986. The fourth-order valence-electron chi connectivity index (χ4n) is 5.23. The summed E-state index contributed by atoms with van der Waals surface area (Å²) in [4.78, 5) is 41.2. The molecule has 0 aliphatic rings. The lowest BCUT2D eigenvalue weighted by atomic mass is 9.92. The molecule has 0 heterocycles. The maximum atomic E-state index is 14.4. The zero-order valence-corrected chi connectivity index (χ0v) is 27.2. The van der Waals surface area contributed by atoms with E-state index in [0.29, 0.717) is 16.7 Å². The van der Waals surface area contributed by atoms with Crippen molar-refractivity contribution in [2.45, 2.75) is 58.8 Å². The minimum Gasteiger partial charge on any atom is -0.507 e. The molecule has 2 N–H and O–H groups in total. The number of phenolic OH excluding ortho intramolecular Hbond substituents is 1. The Hall–Kier alpha value is -5.57. The van der Waals surface area contributed by atoms with Gasteiger partial charge in [-0.15, -0.1) is 0 Å². The molecule has 0 unspecified atom stereocenters. The van der Waals surface area contributed by atoms with Crippen LogP contribution >= 0.6 is 0 Å². The molecule has 0 radical (unpaired) electrons. The molecule has 1 atom stereocenters. The van der Waals surface area contributed by atoms with E-state index in [0.717, 1.165) is 26.6 Å². The first-order valence-electron chi connectivity index (χ1n) is 15.2. The molecule has 2 amide bonds. The summed E-state index contributed by atoms with van der Waals surface area (Å²) < 4.78 is 17.2. The predicted molar refractivity (Wildman–Crippen MR) is 181 cm³/mol. The Balaban J connectivity index is 1.66. The second-order valence-electron chi connectivity index (χ2n) is 13.0. The molecule has 47 heavy (non-hydrogen) atoms. The number of carbonyl (C=O) groups is 3. The Bertz CT molecular complexity index is 1940. The number of ether oxygens (including phenoxy) is 3. The van der Waals surface area contributed by atoms with Gasteiger partial charge in [-0.25, -0.2) is 19.8 Å². The van der Waals surface area contributed by atoms with E-state index in [2.05, 4.69) is 5.43 Å². The summed E-state index contributed by atoms with van der Waals surface area (Å²) in [5.41, 5.74) is 1.88. The monoisotopic (exact) mass is 634 g/mol. The molecule has 5 aromatic rings. The van der Waals surface area contributed by atoms with E-state index in [4.69, 9.17) is 14.2 Å². The van der Waals surface area contributed by atoms with Gasteiger partial charge in [0, 0.05) is 11.1 Å². The zero-order chi connectivity index (χ0) is 33.9. The smallest absolute Gasteiger partial charge is 0.430 e. The van der Waals surface area contributed by atoms with Crippen LogP contribution in [0.15, 0.2) is 103 Å². The highest BCUT2D eigenvalue weighted by atomic mass is 16.6. The summed E-state index contributed by atoms with van der Waals surface area (Å²) in [5, 5.41) is 15.3. The van der Waals surface area contributed by atoms with E-state index >= 15 is 0 Å². The number of hydrogen-bond donors (Lipinski definition) is 2. The molecular weight excluding hydrogens is 596 g/mol.